The molecule has 1 saturated heterocycles. The maximum Gasteiger partial charge on any atom is 0.410 e. The van der Waals surface area contributed by atoms with E-state index < -0.39 is 12.0 Å². The minimum atomic E-state index is -0.690. The van der Waals surface area contributed by atoms with Crippen molar-refractivity contribution < 1.29 is 23.6 Å². The molecule has 1 aliphatic heterocycles. The van der Waals surface area contributed by atoms with Gasteiger partial charge in [-0.1, -0.05) is 41.0 Å². The van der Waals surface area contributed by atoms with E-state index >= 15 is 0 Å². The molecule has 1 spiro atoms. The molecule has 5 rings (SSSR count). The Labute approximate surface area is 195 Å². The number of hydrogen-bond donors (Lipinski definition) is 1. The van der Waals surface area contributed by atoms with Crippen LogP contribution in [0.2, 0.25) is 5.02 Å². The van der Waals surface area contributed by atoms with Crippen LogP contribution in [-0.4, -0.2) is 41.3 Å². The first-order valence-electron chi connectivity index (χ1n) is 10.9. The zero-order valence-electron chi connectivity index (χ0n) is 18.0. The van der Waals surface area contributed by atoms with Gasteiger partial charge in [0.2, 0.25) is 0 Å². The molecule has 2 fully saturated rings. The third-order valence-corrected chi connectivity index (χ3v) is 7.01. The van der Waals surface area contributed by atoms with Gasteiger partial charge in [0.25, 0.3) is 5.91 Å². The molecule has 172 valence electrons. The molecule has 1 aromatic heterocycles. The molecule has 2 amide bonds. The maximum absolute atomic E-state index is 12.4. The van der Waals surface area contributed by atoms with Gasteiger partial charge in [0.05, 0.1) is 6.10 Å². The molecule has 8 nitrogen and oxygen atoms in total. The number of piperidine rings is 1. The highest BCUT2D eigenvalue weighted by molar-refractivity contribution is 6.35. The van der Waals surface area contributed by atoms with E-state index in [4.69, 9.17) is 31.3 Å². The van der Waals surface area contributed by atoms with Crippen molar-refractivity contribution in [1.29, 1.82) is 0 Å². The Hall–Kier alpha value is -3.26. The molecule has 2 aromatic carbocycles. The fourth-order valence-electron chi connectivity index (χ4n) is 4.80. The Balaban J connectivity index is 1.11. The van der Waals surface area contributed by atoms with Crippen molar-refractivity contribution in [2.75, 3.05) is 13.1 Å². The fraction of sp³-hybridized carbons (Fsp3) is 0.375. The summed E-state index contributed by atoms with van der Waals surface area (Å²) in [7, 11) is 0. The lowest BCUT2D eigenvalue weighted by molar-refractivity contribution is -0.0533. The minimum absolute atomic E-state index is 0.00863. The maximum atomic E-state index is 12.4. The number of aromatic nitrogens is 1. The van der Waals surface area contributed by atoms with Gasteiger partial charge in [0.15, 0.2) is 18.1 Å². The number of carbonyl (C=O) groups is 2. The molecule has 3 aromatic rings. The Morgan fingerprint density at radius 3 is 2.58 bits per heavy atom. The van der Waals surface area contributed by atoms with E-state index in [1.165, 1.54) is 6.07 Å². The van der Waals surface area contributed by atoms with Gasteiger partial charge >= 0.3 is 6.09 Å². The zero-order valence-corrected chi connectivity index (χ0v) is 18.7. The van der Waals surface area contributed by atoms with E-state index in [0.717, 1.165) is 47.2 Å². The van der Waals surface area contributed by atoms with Crippen molar-refractivity contribution in [1.82, 2.24) is 10.1 Å². The Kier molecular flexibility index (Phi) is 5.62. The highest BCUT2D eigenvalue weighted by atomic mass is 35.5. The summed E-state index contributed by atoms with van der Waals surface area (Å²) in [5.74, 6) is 0.451. The molecule has 9 heteroatoms. The monoisotopic (exact) mass is 469 g/mol. The van der Waals surface area contributed by atoms with E-state index in [2.05, 4.69) is 5.16 Å². The van der Waals surface area contributed by atoms with Crippen LogP contribution in [0, 0.1) is 5.41 Å². The van der Waals surface area contributed by atoms with Crippen molar-refractivity contribution in [3.63, 3.8) is 0 Å². The van der Waals surface area contributed by atoms with E-state index in [1.807, 2.05) is 36.4 Å². The summed E-state index contributed by atoms with van der Waals surface area (Å²) >= 11 is 6.32. The summed E-state index contributed by atoms with van der Waals surface area (Å²) in [5, 5.41) is 6.27. The highest BCUT2D eigenvalue weighted by Gasteiger charge is 2.47. The number of rotatable bonds is 5. The van der Waals surface area contributed by atoms with Gasteiger partial charge in [0.1, 0.15) is 5.75 Å². The molecule has 0 radical (unpaired) electrons. The molecule has 0 atom stereocenters. The molecule has 33 heavy (non-hydrogen) atoms. The van der Waals surface area contributed by atoms with Crippen LogP contribution in [0.25, 0.3) is 10.8 Å². The van der Waals surface area contributed by atoms with Crippen LogP contribution in [0.1, 0.15) is 41.9 Å². The fourth-order valence-corrected chi connectivity index (χ4v) is 5.03. The van der Waals surface area contributed by atoms with Crippen molar-refractivity contribution in [2.45, 2.75) is 38.4 Å². The lowest BCUT2D eigenvalue weighted by Gasteiger charge is -2.51. The standard InChI is InChI=1S/C24H24ClN3O5/c25-19-5-6-21(18-4-2-1-3-17(18)19)32-16-12-24(13-16)7-9-28(10-8-24)23(30)31-14-15-11-20(22(26)29)27-33-15/h1-6,11,16H,7-10,12-14H2,(H2,26,29). The molecule has 0 unspecified atom stereocenters. The summed E-state index contributed by atoms with van der Waals surface area (Å²) in [6.45, 7) is 1.18. The molecular formula is C24H24ClN3O5. The topological polar surface area (TPSA) is 108 Å². The summed E-state index contributed by atoms with van der Waals surface area (Å²) in [6, 6.07) is 13.2. The zero-order chi connectivity index (χ0) is 23.0. The second kappa shape index (κ2) is 8.59. The molecule has 1 saturated carbocycles. The van der Waals surface area contributed by atoms with Crippen LogP contribution in [0.3, 0.4) is 0 Å². The molecular weight excluding hydrogens is 446 g/mol. The van der Waals surface area contributed by atoms with Crippen molar-refractivity contribution in [3.05, 3.63) is 58.9 Å². The summed E-state index contributed by atoms with van der Waals surface area (Å²) in [4.78, 5) is 25.2. The van der Waals surface area contributed by atoms with Gasteiger partial charge in [-0.2, -0.15) is 0 Å². The Morgan fingerprint density at radius 1 is 1.15 bits per heavy atom. The number of benzene rings is 2. The van der Waals surface area contributed by atoms with Crippen LogP contribution in [0.5, 0.6) is 5.75 Å². The Morgan fingerprint density at radius 2 is 1.88 bits per heavy atom. The van der Waals surface area contributed by atoms with E-state index in [1.54, 1.807) is 4.90 Å². The predicted molar refractivity (Wildman–Crippen MR) is 121 cm³/mol. The second-order valence-corrected chi connectivity index (χ2v) is 9.23. The van der Waals surface area contributed by atoms with Gasteiger partial charge in [-0.3, -0.25) is 4.79 Å². The SMILES string of the molecule is NC(=O)c1cc(COC(=O)N2CCC3(CC2)CC(Oc2ccc(Cl)c4ccccc24)C3)on1. The second-order valence-electron chi connectivity index (χ2n) is 8.82. The Bertz CT molecular complexity index is 1190. The predicted octanol–water partition coefficient (Wildman–Crippen LogP) is 4.54. The number of halogens is 1. The quantitative estimate of drug-likeness (QED) is 0.587. The normalized spacial score (nSPS) is 17.7. The van der Waals surface area contributed by atoms with Crippen LogP contribution >= 0.6 is 11.6 Å². The van der Waals surface area contributed by atoms with Crippen LogP contribution in [-0.2, 0) is 11.3 Å². The summed E-state index contributed by atoms with van der Waals surface area (Å²) < 4.78 is 16.6. The summed E-state index contributed by atoms with van der Waals surface area (Å²) in [6.07, 6.45) is 3.54. The number of amides is 2. The highest BCUT2D eigenvalue weighted by Crippen LogP contribution is 2.51. The van der Waals surface area contributed by atoms with Crippen LogP contribution in [0.4, 0.5) is 4.79 Å². The first kappa shape index (κ1) is 21.6. The van der Waals surface area contributed by atoms with Gasteiger partial charge in [-0.05, 0) is 43.2 Å². The van der Waals surface area contributed by atoms with E-state index in [9.17, 15) is 9.59 Å². The van der Waals surface area contributed by atoms with Gasteiger partial charge < -0.3 is 24.6 Å². The summed E-state index contributed by atoms with van der Waals surface area (Å²) in [5.41, 5.74) is 5.36. The first-order chi connectivity index (χ1) is 15.9. The number of hydrogen-bond acceptors (Lipinski definition) is 6. The number of primary amides is 1. The number of fused-ring (bicyclic) bond motifs is 1. The molecule has 2 N–H and O–H groups in total. The van der Waals surface area contributed by atoms with Crippen LogP contribution in [0.15, 0.2) is 47.0 Å². The van der Waals surface area contributed by atoms with E-state index in [-0.39, 0.29) is 29.6 Å². The molecule has 0 bridgehead atoms. The first-order valence-corrected chi connectivity index (χ1v) is 11.3. The lowest BCUT2D eigenvalue weighted by Crippen LogP contribution is -2.52. The molecule has 2 heterocycles. The average molecular weight is 470 g/mol. The number of nitrogens with zero attached hydrogens (tertiary/aromatic N) is 2. The van der Waals surface area contributed by atoms with Crippen molar-refractivity contribution in [3.8, 4) is 5.75 Å². The van der Waals surface area contributed by atoms with Crippen molar-refractivity contribution >= 4 is 34.4 Å². The third-order valence-electron chi connectivity index (χ3n) is 6.68. The minimum Gasteiger partial charge on any atom is -0.490 e. The van der Waals surface area contributed by atoms with Crippen molar-refractivity contribution in [2.24, 2.45) is 11.1 Å². The largest absolute Gasteiger partial charge is 0.490 e. The number of likely N-dealkylation sites (tertiary alicyclic amines) is 1. The third kappa shape index (κ3) is 4.35. The molecule has 2 aliphatic rings. The van der Waals surface area contributed by atoms with E-state index in [0.29, 0.717) is 13.1 Å². The number of ether oxygens (including phenoxy) is 2. The van der Waals surface area contributed by atoms with Crippen LogP contribution < -0.4 is 10.5 Å². The molecule has 1 aliphatic carbocycles. The lowest BCUT2D eigenvalue weighted by atomic mass is 9.61. The van der Waals surface area contributed by atoms with Gasteiger partial charge in [0, 0.05) is 35.0 Å². The number of nitrogens with two attached hydrogens (primary N) is 1. The average Bonchev–Trinajstić information content (AvgIpc) is 3.28. The van der Waals surface area contributed by atoms with Gasteiger partial charge in [-0.15, -0.1) is 0 Å². The number of carbonyl (C=O) groups excluding carboxylic acids is 2. The smallest absolute Gasteiger partial charge is 0.410 e. The van der Waals surface area contributed by atoms with Gasteiger partial charge in [-0.25, -0.2) is 4.79 Å².